The van der Waals surface area contributed by atoms with E-state index in [1.165, 1.54) is 0 Å². The van der Waals surface area contributed by atoms with Gasteiger partial charge in [0.05, 0.1) is 5.56 Å². The average Bonchev–Trinajstić information content (AvgIpc) is 2.72. The van der Waals surface area contributed by atoms with Crippen LogP contribution in [0.1, 0.15) is 38.3 Å². The van der Waals surface area contributed by atoms with E-state index in [0.29, 0.717) is 18.6 Å². The molecule has 3 nitrogen and oxygen atoms in total. The molecule has 1 aromatic rings. The number of cyclic esters (lactones) is 1. The molecule has 2 aliphatic rings. The highest BCUT2D eigenvalue weighted by atomic mass is 16.5. The molecule has 0 aromatic heterocycles. The van der Waals surface area contributed by atoms with Crippen molar-refractivity contribution in [3.05, 3.63) is 34.4 Å². The van der Waals surface area contributed by atoms with Gasteiger partial charge in [-0.1, -0.05) is 6.07 Å². The summed E-state index contributed by atoms with van der Waals surface area (Å²) in [7, 11) is 0. The number of esters is 1. The van der Waals surface area contributed by atoms with Crippen molar-refractivity contribution in [2.75, 3.05) is 0 Å². The lowest BCUT2D eigenvalue weighted by atomic mass is 9.99. The Bertz CT molecular complexity index is 417. The minimum absolute atomic E-state index is 0.183. The highest BCUT2D eigenvalue weighted by Gasteiger charge is 2.30. The number of ether oxygens (including phenoxy) is 1. The van der Waals surface area contributed by atoms with E-state index in [1.54, 1.807) is 12.1 Å². The minimum Gasteiger partial charge on any atom is -0.457 e. The van der Waals surface area contributed by atoms with Gasteiger partial charge < -0.3 is 4.74 Å². The standard InChI is InChI=1S/C11H8O3/c12-10-4-3-6-7(10)1-2-8-9(6)5-14-11(8)13/h1-2H,3-5H2. The third kappa shape index (κ3) is 0.816. The Hall–Kier alpha value is -1.64. The Balaban J connectivity index is 2.28. The molecule has 0 bridgehead atoms. The molecule has 1 heterocycles. The van der Waals surface area contributed by atoms with Crippen molar-refractivity contribution in [2.45, 2.75) is 19.4 Å². The summed E-state index contributed by atoms with van der Waals surface area (Å²) < 4.78 is 4.93. The fourth-order valence-corrected chi connectivity index (χ4v) is 2.18. The van der Waals surface area contributed by atoms with Crippen LogP contribution in [0, 0.1) is 0 Å². The van der Waals surface area contributed by atoms with Crippen molar-refractivity contribution in [3.63, 3.8) is 0 Å². The van der Waals surface area contributed by atoms with Gasteiger partial charge in [0.25, 0.3) is 0 Å². The van der Waals surface area contributed by atoms with Gasteiger partial charge in [-0.2, -0.15) is 0 Å². The van der Waals surface area contributed by atoms with Crippen LogP contribution >= 0.6 is 0 Å². The van der Waals surface area contributed by atoms with Gasteiger partial charge in [0.1, 0.15) is 6.61 Å². The number of carbonyl (C=O) groups excluding carboxylic acids is 2. The first-order valence-corrected chi connectivity index (χ1v) is 4.62. The van der Waals surface area contributed by atoms with E-state index in [0.717, 1.165) is 23.1 Å². The maximum Gasteiger partial charge on any atom is 0.338 e. The SMILES string of the molecule is O=C1CCc2c1ccc1c2COC1=O. The van der Waals surface area contributed by atoms with Crippen LogP contribution in [-0.2, 0) is 17.8 Å². The maximum absolute atomic E-state index is 11.4. The molecular weight excluding hydrogens is 180 g/mol. The second kappa shape index (κ2) is 2.44. The first-order chi connectivity index (χ1) is 6.77. The molecule has 70 valence electrons. The van der Waals surface area contributed by atoms with Crippen LogP contribution in [0.3, 0.4) is 0 Å². The second-order valence-electron chi connectivity index (χ2n) is 3.62. The first kappa shape index (κ1) is 7.74. The van der Waals surface area contributed by atoms with Crippen LogP contribution in [0.2, 0.25) is 0 Å². The summed E-state index contributed by atoms with van der Waals surface area (Å²) in [6.45, 7) is 0.338. The Kier molecular flexibility index (Phi) is 1.35. The average molecular weight is 188 g/mol. The normalized spacial score (nSPS) is 18.0. The van der Waals surface area contributed by atoms with Crippen molar-refractivity contribution in [3.8, 4) is 0 Å². The number of fused-ring (bicyclic) bond motifs is 3. The summed E-state index contributed by atoms with van der Waals surface area (Å²) in [6, 6.07) is 3.45. The second-order valence-corrected chi connectivity index (χ2v) is 3.62. The zero-order valence-electron chi connectivity index (χ0n) is 7.50. The van der Waals surface area contributed by atoms with Crippen LogP contribution in [-0.4, -0.2) is 11.8 Å². The summed E-state index contributed by atoms with van der Waals surface area (Å²) >= 11 is 0. The van der Waals surface area contributed by atoms with Gasteiger partial charge in [0.2, 0.25) is 0 Å². The quantitative estimate of drug-likeness (QED) is 0.579. The number of rotatable bonds is 0. The van der Waals surface area contributed by atoms with Crippen molar-refractivity contribution >= 4 is 11.8 Å². The van der Waals surface area contributed by atoms with E-state index in [1.807, 2.05) is 0 Å². The smallest absolute Gasteiger partial charge is 0.338 e. The van der Waals surface area contributed by atoms with Crippen molar-refractivity contribution < 1.29 is 14.3 Å². The molecule has 0 fully saturated rings. The van der Waals surface area contributed by atoms with Gasteiger partial charge in [0, 0.05) is 17.5 Å². The maximum atomic E-state index is 11.4. The molecule has 0 spiro atoms. The Labute approximate surface area is 80.7 Å². The summed E-state index contributed by atoms with van der Waals surface area (Å²) in [5.41, 5.74) is 3.37. The molecule has 0 radical (unpaired) electrons. The fourth-order valence-electron chi connectivity index (χ4n) is 2.18. The molecule has 1 aliphatic heterocycles. The molecule has 1 aromatic carbocycles. The number of hydrogen-bond acceptors (Lipinski definition) is 3. The zero-order valence-corrected chi connectivity index (χ0v) is 7.50. The molecule has 0 saturated carbocycles. The van der Waals surface area contributed by atoms with E-state index in [2.05, 4.69) is 0 Å². The van der Waals surface area contributed by atoms with E-state index < -0.39 is 0 Å². The van der Waals surface area contributed by atoms with Gasteiger partial charge in [-0.05, 0) is 18.1 Å². The summed E-state index contributed by atoms with van der Waals surface area (Å²) in [6.07, 6.45) is 1.33. The Morgan fingerprint density at radius 3 is 2.64 bits per heavy atom. The van der Waals surface area contributed by atoms with Crippen LogP contribution in [0.4, 0.5) is 0 Å². The van der Waals surface area contributed by atoms with E-state index in [4.69, 9.17) is 4.74 Å². The predicted molar refractivity (Wildman–Crippen MR) is 48.2 cm³/mol. The lowest BCUT2D eigenvalue weighted by molar-refractivity contribution is 0.0534. The molecule has 0 N–H and O–H groups in total. The molecular formula is C11H8O3. The van der Waals surface area contributed by atoms with Crippen molar-refractivity contribution in [1.82, 2.24) is 0 Å². The van der Waals surface area contributed by atoms with Crippen LogP contribution in [0.25, 0.3) is 0 Å². The summed E-state index contributed by atoms with van der Waals surface area (Å²) in [5, 5.41) is 0. The number of Topliss-reactive ketones (excluding diaryl/α,β-unsaturated/α-hetero) is 1. The van der Waals surface area contributed by atoms with Gasteiger partial charge in [-0.15, -0.1) is 0 Å². The largest absolute Gasteiger partial charge is 0.457 e. The Morgan fingerprint density at radius 2 is 1.79 bits per heavy atom. The number of ketones is 1. The highest BCUT2D eigenvalue weighted by Crippen LogP contribution is 2.31. The molecule has 1 aliphatic carbocycles. The number of hydrogen-bond donors (Lipinski definition) is 0. The summed E-state index contributed by atoms with van der Waals surface area (Å²) in [4.78, 5) is 22.7. The van der Waals surface area contributed by atoms with Gasteiger partial charge in [0.15, 0.2) is 5.78 Å². The fraction of sp³-hybridized carbons (Fsp3) is 0.273. The van der Waals surface area contributed by atoms with Gasteiger partial charge in [-0.3, -0.25) is 4.79 Å². The lowest BCUT2D eigenvalue weighted by Gasteiger charge is -2.01. The van der Waals surface area contributed by atoms with Crippen LogP contribution in [0.5, 0.6) is 0 Å². The molecule has 3 rings (SSSR count). The molecule has 0 unspecified atom stereocenters. The van der Waals surface area contributed by atoms with E-state index in [9.17, 15) is 9.59 Å². The van der Waals surface area contributed by atoms with E-state index >= 15 is 0 Å². The minimum atomic E-state index is -0.262. The lowest BCUT2D eigenvalue weighted by Crippen LogP contribution is -1.97. The third-order valence-corrected chi connectivity index (χ3v) is 2.90. The van der Waals surface area contributed by atoms with Crippen LogP contribution in [0.15, 0.2) is 12.1 Å². The van der Waals surface area contributed by atoms with Gasteiger partial charge in [-0.25, -0.2) is 4.79 Å². The molecule has 14 heavy (non-hydrogen) atoms. The number of benzene rings is 1. The molecule has 3 heteroatoms. The van der Waals surface area contributed by atoms with Crippen molar-refractivity contribution in [2.24, 2.45) is 0 Å². The molecule has 0 saturated heterocycles. The predicted octanol–water partition coefficient (Wildman–Crippen LogP) is 1.49. The van der Waals surface area contributed by atoms with E-state index in [-0.39, 0.29) is 11.8 Å². The number of carbonyl (C=O) groups is 2. The first-order valence-electron chi connectivity index (χ1n) is 4.62. The topological polar surface area (TPSA) is 43.4 Å². The molecule has 0 amide bonds. The van der Waals surface area contributed by atoms with Crippen molar-refractivity contribution in [1.29, 1.82) is 0 Å². The highest BCUT2D eigenvalue weighted by molar-refractivity contribution is 6.03. The molecule has 0 atom stereocenters. The van der Waals surface area contributed by atoms with Gasteiger partial charge >= 0.3 is 5.97 Å². The van der Waals surface area contributed by atoms with Crippen LogP contribution < -0.4 is 0 Å². The zero-order chi connectivity index (χ0) is 9.71. The monoisotopic (exact) mass is 188 g/mol. The summed E-state index contributed by atoms with van der Waals surface area (Å²) in [5.74, 6) is -0.0794. The Morgan fingerprint density at radius 1 is 1.00 bits per heavy atom. The third-order valence-electron chi connectivity index (χ3n) is 2.90.